The van der Waals surface area contributed by atoms with Gasteiger partial charge >= 0.3 is 0 Å². The molecule has 0 bridgehead atoms. The van der Waals surface area contributed by atoms with Crippen LogP contribution in [0.4, 0.5) is 0 Å². The number of benzene rings is 1. The lowest BCUT2D eigenvalue weighted by Gasteiger charge is -2.23. The molecular weight excluding hydrogens is 260 g/mol. The molecule has 0 radical (unpaired) electrons. The normalized spacial score (nSPS) is 11.4. The van der Waals surface area contributed by atoms with E-state index >= 15 is 0 Å². The highest BCUT2D eigenvalue weighted by molar-refractivity contribution is 6.28. The van der Waals surface area contributed by atoms with E-state index in [1.54, 1.807) is 12.3 Å². The van der Waals surface area contributed by atoms with Crippen molar-refractivity contribution in [3.8, 4) is 11.6 Å². The fraction of sp³-hybridized carbons (Fsp3) is 0.333. The lowest BCUT2D eigenvalue weighted by atomic mass is 9.85. The van der Waals surface area contributed by atoms with Gasteiger partial charge in [0, 0.05) is 17.8 Å². The topological polar surface area (TPSA) is 35.0 Å². The molecule has 0 unspecified atom stereocenters. The lowest BCUT2D eigenvalue weighted by molar-refractivity contribution is 0.438. The minimum absolute atomic E-state index is 0.00181. The summed E-state index contributed by atoms with van der Waals surface area (Å²) >= 11 is 5.76. The molecule has 2 aromatic rings. The molecule has 3 nitrogen and oxygen atoms in total. The van der Waals surface area contributed by atoms with Crippen LogP contribution < -0.4 is 4.74 Å². The quantitative estimate of drug-likeness (QED) is 0.756. The highest BCUT2D eigenvalue weighted by atomic mass is 35.5. The summed E-state index contributed by atoms with van der Waals surface area (Å²) in [6.45, 7) is 8.53. The predicted octanol–water partition coefficient (Wildman–Crippen LogP) is 4.53. The average Bonchev–Trinajstić information content (AvgIpc) is 2.30. The van der Waals surface area contributed by atoms with Gasteiger partial charge < -0.3 is 4.74 Å². The molecule has 0 aliphatic carbocycles. The molecule has 0 aliphatic rings. The second kappa shape index (κ2) is 5.17. The molecular formula is C15H17ClN2O. The van der Waals surface area contributed by atoms with E-state index in [4.69, 9.17) is 16.3 Å². The number of aryl methyl sites for hydroxylation is 1. The molecule has 0 saturated heterocycles. The summed E-state index contributed by atoms with van der Waals surface area (Å²) in [7, 11) is 0. The molecule has 0 spiro atoms. The Morgan fingerprint density at radius 3 is 2.53 bits per heavy atom. The summed E-state index contributed by atoms with van der Waals surface area (Å²) in [5, 5.41) is 0.182. The van der Waals surface area contributed by atoms with Gasteiger partial charge in [-0.05, 0) is 30.0 Å². The lowest BCUT2D eigenvalue weighted by Crippen LogP contribution is -2.13. The molecule has 100 valence electrons. The van der Waals surface area contributed by atoms with Gasteiger partial charge in [0.05, 0.1) is 0 Å². The Bertz CT molecular complexity index is 591. The third-order valence-corrected chi connectivity index (χ3v) is 2.94. The number of aromatic nitrogens is 2. The van der Waals surface area contributed by atoms with Crippen LogP contribution >= 0.6 is 11.6 Å². The van der Waals surface area contributed by atoms with Crippen molar-refractivity contribution in [1.29, 1.82) is 0 Å². The summed E-state index contributed by atoms with van der Waals surface area (Å²) in [5.41, 5.74) is 2.35. The zero-order valence-electron chi connectivity index (χ0n) is 11.6. The number of rotatable bonds is 2. The fourth-order valence-electron chi connectivity index (χ4n) is 1.81. The van der Waals surface area contributed by atoms with Crippen molar-refractivity contribution in [1.82, 2.24) is 9.97 Å². The van der Waals surface area contributed by atoms with E-state index in [2.05, 4.69) is 43.7 Å². The molecule has 19 heavy (non-hydrogen) atoms. The van der Waals surface area contributed by atoms with Crippen molar-refractivity contribution in [2.24, 2.45) is 0 Å². The molecule has 1 aromatic carbocycles. The number of halogens is 1. The summed E-state index contributed by atoms with van der Waals surface area (Å²) in [6.07, 6.45) is 1.58. The summed E-state index contributed by atoms with van der Waals surface area (Å²) < 4.78 is 5.84. The van der Waals surface area contributed by atoms with E-state index in [1.807, 2.05) is 12.1 Å². The molecule has 1 aromatic heterocycles. The third kappa shape index (κ3) is 3.44. The van der Waals surface area contributed by atoms with Gasteiger partial charge in [-0.1, -0.05) is 38.5 Å². The number of hydrogen-bond acceptors (Lipinski definition) is 3. The smallest absolute Gasteiger partial charge is 0.225 e. The molecule has 2 rings (SSSR count). The van der Waals surface area contributed by atoms with Crippen LogP contribution in [-0.4, -0.2) is 9.97 Å². The summed E-state index contributed by atoms with van der Waals surface area (Å²) in [6, 6.07) is 7.82. The fourth-order valence-corrected chi connectivity index (χ4v) is 1.95. The van der Waals surface area contributed by atoms with Crippen molar-refractivity contribution in [3.05, 3.63) is 46.9 Å². The molecule has 0 amide bonds. The Balaban J connectivity index is 2.40. The first-order valence-electron chi connectivity index (χ1n) is 6.14. The van der Waals surface area contributed by atoms with Gasteiger partial charge in [-0.2, -0.15) is 4.98 Å². The summed E-state index contributed by atoms with van der Waals surface area (Å²) in [4.78, 5) is 7.89. The van der Waals surface area contributed by atoms with Gasteiger partial charge in [-0.25, -0.2) is 4.98 Å². The highest BCUT2D eigenvalue weighted by Gasteiger charge is 2.19. The first-order valence-corrected chi connectivity index (χ1v) is 6.51. The number of ether oxygens (including phenoxy) is 1. The van der Waals surface area contributed by atoms with Crippen molar-refractivity contribution in [2.75, 3.05) is 0 Å². The Morgan fingerprint density at radius 2 is 1.89 bits per heavy atom. The number of nitrogens with zero attached hydrogens (tertiary/aromatic N) is 2. The molecule has 0 fully saturated rings. The van der Waals surface area contributed by atoms with Crippen LogP contribution in [0.5, 0.6) is 11.6 Å². The van der Waals surface area contributed by atoms with Crippen LogP contribution in [-0.2, 0) is 5.41 Å². The van der Waals surface area contributed by atoms with Crippen LogP contribution in [0, 0.1) is 6.92 Å². The Kier molecular flexibility index (Phi) is 3.76. The Labute approximate surface area is 118 Å². The third-order valence-electron chi connectivity index (χ3n) is 2.76. The van der Waals surface area contributed by atoms with Gasteiger partial charge in [-0.3, -0.25) is 0 Å². The largest absolute Gasteiger partial charge is 0.439 e. The van der Waals surface area contributed by atoms with Crippen molar-refractivity contribution in [3.63, 3.8) is 0 Å². The van der Waals surface area contributed by atoms with Crippen molar-refractivity contribution < 1.29 is 4.74 Å². The monoisotopic (exact) mass is 276 g/mol. The minimum Gasteiger partial charge on any atom is -0.439 e. The maximum absolute atomic E-state index is 5.84. The van der Waals surface area contributed by atoms with Gasteiger partial charge in [0.15, 0.2) is 0 Å². The molecule has 0 N–H and O–H groups in total. The first kappa shape index (κ1) is 13.8. The van der Waals surface area contributed by atoms with Crippen LogP contribution in [0.15, 0.2) is 30.5 Å². The molecule has 0 atom stereocenters. The number of hydrogen-bond donors (Lipinski definition) is 0. The maximum atomic E-state index is 5.84. The van der Waals surface area contributed by atoms with Crippen molar-refractivity contribution >= 4 is 11.6 Å². The van der Waals surface area contributed by atoms with E-state index in [0.717, 1.165) is 11.3 Å². The van der Waals surface area contributed by atoms with Crippen LogP contribution in [0.2, 0.25) is 5.28 Å². The Hall–Kier alpha value is -1.61. The van der Waals surface area contributed by atoms with E-state index in [1.165, 1.54) is 5.56 Å². The predicted molar refractivity (Wildman–Crippen MR) is 77.0 cm³/mol. The van der Waals surface area contributed by atoms with E-state index in [9.17, 15) is 0 Å². The molecule has 1 heterocycles. The zero-order chi connectivity index (χ0) is 14.0. The average molecular weight is 277 g/mol. The van der Waals surface area contributed by atoms with Crippen LogP contribution in [0.25, 0.3) is 0 Å². The standard InChI is InChI=1S/C15H17ClN2O/c1-10-5-6-12(11(9-10)15(2,3)4)19-13-7-8-17-14(16)18-13/h5-9H,1-4H3. The van der Waals surface area contributed by atoms with Gasteiger partial charge in [0.25, 0.3) is 0 Å². The maximum Gasteiger partial charge on any atom is 0.225 e. The molecule has 4 heteroatoms. The van der Waals surface area contributed by atoms with E-state index in [0.29, 0.717) is 5.88 Å². The van der Waals surface area contributed by atoms with Crippen LogP contribution in [0.1, 0.15) is 31.9 Å². The van der Waals surface area contributed by atoms with Crippen molar-refractivity contribution in [2.45, 2.75) is 33.1 Å². The van der Waals surface area contributed by atoms with E-state index < -0.39 is 0 Å². The zero-order valence-corrected chi connectivity index (χ0v) is 12.3. The first-order chi connectivity index (χ1) is 8.86. The SMILES string of the molecule is Cc1ccc(Oc2ccnc(Cl)n2)c(C(C)(C)C)c1. The second-order valence-corrected chi connectivity index (χ2v) is 5.85. The minimum atomic E-state index is -0.00181. The van der Waals surface area contributed by atoms with Gasteiger partial charge in [0.2, 0.25) is 11.2 Å². The Morgan fingerprint density at radius 1 is 1.16 bits per heavy atom. The second-order valence-electron chi connectivity index (χ2n) is 5.52. The highest BCUT2D eigenvalue weighted by Crippen LogP contribution is 2.34. The van der Waals surface area contributed by atoms with E-state index in [-0.39, 0.29) is 10.7 Å². The molecule has 0 aliphatic heterocycles. The molecule has 0 saturated carbocycles. The van der Waals surface area contributed by atoms with Gasteiger partial charge in [0.1, 0.15) is 5.75 Å². The van der Waals surface area contributed by atoms with Gasteiger partial charge in [-0.15, -0.1) is 0 Å². The van der Waals surface area contributed by atoms with Crippen LogP contribution in [0.3, 0.4) is 0 Å². The summed E-state index contributed by atoms with van der Waals surface area (Å²) in [5.74, 6) is 1.25.